The fourth-order valence-electron chi connectivity index (χ4n) is 4.67. The Labute approximate surface area is 190 Å². The number of anilines is 1. The zero-order valence-corrected chi connectivity index (χ0v) is 18.3. The number of carbonyl (C=O) groups is 1. The molecule has 2 aromatic carbocycles. The molecule has 4 atom stereocenters. The Kier molecular flexibility index (Phi) is 6.93. The summed E-state index contributed by atoms with van der Waals surface area (Å²) in [4.78, 5) is 11.9. The molecule has 0 aromatic heterocycles. The van der Waals surface area contributed by atoms with Crippen molar-refractivity contribution in [3.8, 4) is 0 Å². The third kappa shape index (κ3) is 5.16. The number of benzene rings is 2. The molecule has 2 aromatic rings. The van der Waals surface area contributed by atoms with Crippen molar-refractivity contribution >= 4 is 11.7 Å². The van der Waals surface area contributed by atoms with Crippen molar-refractivity contribution in [2.45, 2.75) is 63.5 Å². The van der Waals surface area contributed by atoms with Gasteiger partial charge in [0.05, 0.1) is 23.8 Å². The van der Waals surface area contributed by atoms with E-state index in [2.05, 4.69) is 5.32 Å². The van der Waals surface area contributed by atoms with Gasteiger partial charge in [-0.3, -0.25) is 4.79 Å². The first-order valence-corrected chi connectivity index (χ1v) is 11.3. The molecule has 0 bridgehead atoms. The van der Waals surface area contributed by atoms with Gasteiger partial charge in [0.15, 0.2) is 0 Å². The maximum atomic E-state index is 14.6. The number of unbranched alkanes of at least 4 members (excludes halogenated alkanes) is 1. The molecule has 1 fully saturated rings. The highest BCUT2D eigenvalue weighted by Crippen LogP contribution is 2.51. The minimum Gasteiger partial charge on any atom is -0.463 e. The monoisotopic (exact) mass is 465 g/mol. The van der Waals surface area contributed by atoms with Gasteiger partial charge in [-0.15, -0.1) is 0 Å². The van der Waals surface area contributed by atoms with Crippen LogP contribution in [-0.2, 0) is 20.4 Å². The molecule has 0 aliphatic carbocycles. The summed E-state index contributed by atoms with van der Waals surface area (Å²) in [5.41, 5.74) is 0.566. The zero-order chi connectivity index (χ0) is 23.6. The van der Waals surface area contributed by atoms with Gasteiger partial charge in [-0.25, -0.2) is 4.39 Å². The first-order chi connectivity index (χ1) is 15.8. The van der Waals surface area contributed by atoms with Gasteiger partial charge in [-0.05, 0) is 43.5 Å². The molecule has 178 valence electrons. The van der Waals surface area contributed by atoms with Crippen LogP contribution < -0.4 is 5.32 Å². The molecule has 0 radical (unpaired) electrons. The van der Waals surface area contributed by atoms with E-state index >= 15 is 0 Å². The van der Waals surface area contributed by atoms with E-state index in [0.29, 0.717) is 36.1 Å². The summed E-state index contributed by atoms with van der Waals surface area (Å²) >= 11 is 0. The Bertz CT molecular complexity index is 994. The summed E-state index contributed by atoms with van der Waals surface area (Å²) in [7, 11) is 0. The molecule has 33 heavy (non-hydrogen) atoms. The summed E-state index contributed by atoms with van der Waals surface area (Å²) in [6.45, 7) is 2.03. The second kappa shape index (κ2) is 9.71. The number of hydrogen-bond donors (Lipinski definition) is 1. The minimum atomic E-state index is -4.49. The molecular weight excluding hydrogens is 438 g/mol. The number of carbonyl (C=O) groups excluding carboxylic acids is 1. The molecule has 2 heterocycles. The van der Waals surface area contributed by atoms with E-state index in [-0.39, 0.29) is 24.3 Å². The molecule has 2 aliphatic rings. The molecule has 8 heteroatoms. The summed E-state index contributed by atoms with van der Waals surface area (Å²) in [6.07, 6.45) is -2.52. The highest BCUT2D eigenvalue weighted by molar-refractivity contribution is 5.69. The number of ether oxygens (including phenoxy) is 2. The Balaban J connectivity index is 1.62. The maximum absolute atomic E-state index is 14.6. The second-order valence-corrected chi connectivity index (χ2v) is 8.65. The quantitative estimate of drug-likeness (QED) is 0.387. The normalized spacial score (nSPS) is 24.4. The number of hydrogen-bond acceptors (Lipinski definition) is 4. The van der Waals surface area contributed by atoms with E-state index in [9.17, 15) is 22.4 Å². The van der Waals surface area contributed by atoms with Gasteiger partial charge in [-0.2, -0.15) is 13.2 Å². The lowest BCUT2D eigenvalue weighted by molar-refractivity contribution is -0.157. The van der Waals surface area contributed by atoms with Gasteiger partial charge in [0.1, 0.15) is 12.4 Å². The lowest BCUT2D eigenvalue weighted by atomic mass is 9.76. The van der Waals surface area contributed by atoms with Gasteiger partial charge in [-0.1, -0.05) is 31.5 Å². The third-order valence-corrected chi connectivity index (χ3v) is 6.38. The van der Waals surface area contributed by atoms with Gasteiger partial charge in [0, 0.05) is 29.2 Å². The fourth-order valence-corrected chi connectivity index (χ4v) is 4.67. The van der Waals surface area contributed by atoms with E-state index in [1.54, 1.807) is 18.2 Å². The molecule has 4 rings (SSSR count). The van der Waals surface area contributed by atoms with Crippen LogP contribution in [0.15, 0.2) is 42.5 Å². The maximum Gasteiger partial charge on any atom is 0.416 e. The number of rotatable bonds is 6. The van der Waals surface area contributed by atoms with Crippen LogP contribution in [-0.4, -0.2) is 18.7 Å². The summed E-state index contributed by atoms with van der Waals surface area (Å²) in [5, 5.41) is 3.25. The van der Waals surface area contributed by atoms with Gasteiger partial charge in [0.25, 0.3) is 0 Å². The van der Waals surface area contributed by atoms with Crippen molar-refractivity contribution in [1.82, 2.24) is 0 Å². The Morgan fingerprint density at radius 1 is 1.15 bits per heavy atom. The predicted molar refractivity (Wildman–Crippen MR) is 115 cm³/mol. The van der Waals surface area contributed by atoms with E-state index in [1.165, 1.54) is 12.1 Å². The number of halogens is 4. The first kappa shape index (κ1) is 23.5. The average Bonchev–Trinajstić information content (AvgIpc) is 2.80. The van der Waals surface area contributed by atoms with Crippen LogP contribution in [0, 0.1) is 11.7 Å². The average molecular weight is 465 g/mol. The smallest absolute Gasteiger partial charge is 0.416 e. The molecule has 0 unspecified atom stereocenters. The van der Waals surface area contributed by atoms with Crippen LogP contribution in [0.4, 0.5) is 23.2 Å². The number of fused-ring (bicyclic) bond motifs is 3. The molecule has 4 nitrogen and oxygen atoms in total. The topological polar surface area (TPSA) is 47.6 Å². The van der Waals surface area contributed by atoms with E-state index < -0.39 is 30.0 Å². The van der Waals surface area contributed by atoms with E-state index in [4.69, 9.17) is 9.47 Å². The molecular formula is C25H27F4NO3. The van der Waals surface area contributed by atoms with Crippen molar-refractivity contribution < 1.29 is 31.8 Å². The van der Waals surface area contributed by atoms with Crippen molar-refractivity contribution in [1.29, 1.82) is 0 Å². The second-order valence-electron chi connectivity index (χ2n) is 8.65. The van der Waals surface area contributed by atoms with Crippen LogP contribution in [0.1, 0.15) is 67.9 Å². The number of alkyl halides is 3. The van der Waals surface area contributed by atoms with E-state index in [1.807, 2.05) is 6.92 Å². The molecule has 0 amide bonds. The van der Waals surface area contributed by atoms with E-state index in [0.717, 1.165) is 25.0 Å². The van der Waals surface area contributed by atoms with Crippen molar-refractivity contribution in [2.75, 3.05) is 11.9 Å². The number of esters is 1. The Morgan fingerprint density at radius 2 is 1.94 bits per heavy atom. The SMILES string of the molecule is CCCCC(=O)OC[C@@H]1CC[C@@H]2[C@@H](c3ccccc3F)Nc3ccc(C(F)(F)F)cc3[C@@H]2O1. The van der Waals surface area contributed by atoms with Crippen molar-refractivity contribution in [3.63, 3.8) is 0 Å². The lowest BCUT2D eigenvalue weighted by Crippen LogP contribution is -2.40. The third-order valence-electron chi connectivity index (χ3n) is 6.38. The zero-order valence-electron chi connectivity index (χ0n) is 18.3. The lowest BCUT2D eigenvalue weighted by Gasteiger charge is -2.45. The largest absolute Gasteiger partial charge is 0.463 e. The van der Waals surface area contributed by atoms with Gasteiger partial charge >= 0.3 is 12.1 Å². The highest BCUT2D eigenvalue weighted by Gasteiger charge is 2.44. The number of nitrogens with one attached hydrogen (secondary N) is 1. The standard InChI is InChI=1S/C25H27F4NO3/c1-2-3-8-22(31)32-14-16-10-11-18-23(17-6-4-5-7-20(17)26)30-21-12-9-15(25(27,28)29)13-19(21)24(18)33-16/h4-7,9,12-13,16,18,23-24,30H,2-3,8,10-11,14H2,1H3/t16-,18+,23+,24+/m0/s1. The van der Waals surface area contributed by atoms with Crippen molar-refractivity contribution in [3.05, 3.63) is 65.0 Å². The molecule has 2 aliphatic heterocycles. The molecule has 1 saturated heterocycles. The summed E-state index contributed by atoms with van der Waals surface area (Å²) in [5.74, 6) is -0.960. The first-order valence-electron chi connectivity index (χ1n) is 11.3. The molecule has 1 N–H and O–H groups in total. The van der Waals surface area contributed by atoms with Crippen LogP contribution in [0.2, 0.25) is 0 Å². The van der Waals surface area contributed by atoms with Crippen LogP contribution in [0.3, 0.4) is 0 Å². The predicted octanol–water partition coefficient (Wildman–Crippen LogP) is 6.58. The Morgan fingerprint density at radius 3 is 2.67 bits per heavy atom. The molecule has 0 spiro atoms. The van der Waals surface area contributed by atoms with Crippen molar-refractivity contribution in [2.24, 2.45) is 5.92 Å². The van der Waals surface area contributed by atoms with Crippen LogP contribution in [0.25, 0.3) is 0 Å². The summed E-state index contributed by atoms with van der Waals surface area (Å²) in [6, 6.07) is 9.43. The van der Waals surface area contributed by atoms with Crippen LogP contribution in [0.5, 0.6) is 0 Å². The minimum absolute atomic E-state index is 0.0534. The molecule has 0 saturated carbocycles. The van der Waals surface area contributed by atoms with Gasteiger partial charge in [0.2, 0.25) is 0 Å². The highest BCUT2D eigenvalue weighted by atomic mass is 19.4. The van der Waals surface area contributed by atoms with Crippen LogP contribution >= 0.6 is 0 Å². The Hall–Kier alpha value is -2.61. The fraction of sp³-hybridized carbons (Fsp3) is 0.480. The summed E-state index contributed by atoms with van der Waals surface area (Å²) < 4.78 is 66.4. The van der Waals surface area contributed by atoms with Gasteiger partial charge < -0.3 is 14.8 Å².